The molecule has 0 bridgehead atoms. The molecule has 1 fully saturated rings. The van der Waals surface area contributed by atoms with Crippen LogP contribution in [0.1, 0.15) is 30.4 Å². The third kappa shape index (κ3) is 4.31. The van der Waals surface area contributed by atoms with E-state index in [-0.39, 0.29) is 23.6 Å². The summed E-state index contributed by atoms with van der Waals surface area (Å²) >= 11 is 1.35. The standard InChI is InChI=1S/C16H23N3O3S/c1-11(2)14(17-15(21)13-5-4-10-23-13)16(22)19-8-6-18(7-9-19)12(3)20/h4-5,10-11,14H,6-9H2,1-3H3,(H,17,21). The molecule has 1 aromatic heterocycles. The van der Waals surface area contributed by atoms with E-state index in [9.17, 15) is 14.4 Å². The molecule has 1 aliphatic heterocycles. The van der Waals surface area contributed by atoms with Crippen molar-refractivity contribution in [3.05, 3.63) is 22.4 Å². The predicted molar refractivity (Wildman–Crippen MR) is 89.2 cm³/mol. The van der Waals surface area contributed by atoms with Crippen LogP contribution in [0.25, 0.3) is 0 Å². The number of nitrogens with zero attached hydrogens (tertiary/aromatic N) is 2. The van der Waals surface area contributed by atoms with Crippen LogP contribution in [0.4, 0.5) is 0 Å². The molecule has 1 aromatic rings. The first-order valence-corrected chi connectivity index (χ1v) is 8.66. The van der Waals surface area contributed by atoms with Crippen molar-refractivity contribution in [3.63, 3.8) is 0 Å². The van der Waals surface area contributed by atoms with Crippen LogP contribution in [0, 0.1) is 5.92 Å². The second-order valence-electron chi connectivity index (χ2n) is 6.00. The Morgan fingerprint density at radius 1 is 1.13 bits per heavy atom. The van der Waals surface area contributed by atoms with E-state index in [2.05, 4.69) is 5.32 Å². The molecule has 2 rings (SSSR count). The van der Waals surface area contributed by atoms with Crippen molar-refractivity contribution in [2.45, 2.75) is 26.8 Å². The Morgan fingerprint density at radius 3 is 2.22 bits per heavy atom. The Hall–Kier alpha value is -1.89. The van der Waals surface area contributed by atoms with E-state index >= 15 is 0 Å². The van der Waals surface area contributed by atoms with Crippen molar-refractivity contribution in [1.29, 1.82) is 0 Å². The van der Waals surface area contributed by atoms with Crippen LogP contribution in [0.2, 0.25) is 0 Å². The van der Waals surface area contributed by atoms with E-state index in [0.717, 1.165) is 0 Å². The molecule has 1 saturated heterocycles. The largest absolute Gasteiger partial charge is 0.339 e. The van der Waals surface area contributed by atoms with Crippen molar-refractivity contribution >= 4 is 29.1 Å². The van der Waals surface area contributed by atoms with E-state index in [4.69, 9.17) is 0 Å². The first-order valence-electron chi connectivity index (χ1n) is 7.79. The van der Waals surface area contributed by atoms with E-state index in [1.54, 1.807) is 15.9 Å². The third-order valence-corrected chi connectivity index (χ3v) is 4.87. The number of thiophene rings is 1. The molecule has 1 aliphatic rings. The first-order chi connectivity index (χ1) is 10.9. The van der Waals surface area contributed by atoms with Crippen molar-refractivity contribution < 1.29 is 14.4 Å². The zero-order chi connectivity index (χ0) is 17.0. The van der Waals surface area contributed by atoms with Crippen LogP contribution in [0.5, 0.6) is 0 Å². The zero-order valence-corrected chi connectivity index (χ0v) is 14.6. The minimum absolute atomic E-state index is 0.00255. The second-order valence-corrected chi connectivity index (χ2v) is 6.95. The summed E-state index contributed by atoms with van der Waals surface area (Å²) in [5.41, 5.74) is 0. The average molecular weight is 337 g/mol. The number of hydrogen-bond donors (Lipinski definition) is 1. The van der Waals surface area contributed by atoms with Gasteiger partial charge in [-0.05, 0) is 17.4 Å². The maximum absolute atomic E-state index is 12.7. The smallest absolute Gasteiger partial charge is 0.262 e. The van der Waals surface area contributed by atoms with Gasteiger partial charge >= 0.3 is 0 Å². The lowest BCUT2D eigenvalue weighted by Gasteiger charge is -2.36. The topological polar surface area (TPSA) is 69.7 Å². The summed E-state index contributed by atoms with van der Waals surface area (Å²) in [5.74, 6) is -0.261. The Labute approximate surface area is 140 Å². The highest BCUT2D eigenvalue weighted by atomic mass is 32.1. The molecule has 0 radical (unpaired) electrons. The number of rotatable bonds is 4. The summed E-state index contributed by atoms with van der Waals surface area (Å²) < 4.78 is 0. The van der Waals surface area contributed by atoms with E-state index in [1.165, 1.54) is 18.3 Å². The molecule has 0 spiro atoms. The van der Waals surface area contributed by atoms with Gasteiger partial charge in [-0.1, -0.05) is 19.9 Å². The van der Waals surface area contributed by atoms with Gasteiger partial charge in [0.15, 0.2) is 0 Å². The van der Waals surface area contributed by atoms with Crippen LogP contribution in [-0.4, -0.2) is 59.7 Å². The molecule has 3 amide bonds. The van der Waals surface area contributed by atoms with E-state index in [1.807, 2.05) is 25.3 Å². The quantitative estimate of drug-likeness (QED) is 0.897. The number of hydrogen-bond acceptors (Lipinski definition) is 4. The van der Waals surface area contributed by atoms with E-state index < -0.39 is 6.04 Å². The molecular weight excluding hydrogens is 314 g/mol. The number of piperazine rings is 1. The summed E-state index contributed by atoms with van der Waals surface area (Å²) in [7, 11) is 0. The lowest BCUT2D eigenvalue weighted by Crippen LogP contribution is -2.56. The minimum Gasteiger partial charge on any atom is -0.339 e. The molecule has 1 atom stereocenters. The maximum Gasteiger partial charge on any atom is 0.262 e. The SMILES string of the molecule is CC(=O)N1CCN(C(=O)C(NC(=O)c2cccs2)C(C)C)CC1. The van der Waals surface area contributed by atoms with Gasteiger partial charge in [0.1, 0.15) is 6.04 Å². The van der Waals surface area contributed by atoms with E-state index in [0.29, 0.717) is 31.1 Å². The maximum atomic E-state index is 12.7. The third-order valence-electron chi connectivity index (χ3n) is 4.00. The second kappa shape index (κ2) is 7.59. The van der Waals surface area contributed by atoms with Gasteiger partial charge in [-0.2, -0.15) is 0 Å². The Kier molecular flexibility index (Phi) is 5.76. The Morgan fingerprint density at radius 2 is 1.74 bits per heavy atom. The van der Waals surface area contributed by atoms with Crippen LogP contribution in [-0.2, 0) is 9.59 Å². The van der Waals surface area contributed by atoms with Gasteiger partial charge in [0.25, 0.3) is 5.91 Å². The van der Waals surface area contributed by atoms with Crippen molar-refractivity contribution in [1.82, 2.24) is 15.1 Å². The van der Waals surface area contributed by atoms with Gasteiger partial charge < -0.3 is 15.1 Å². The van der Waals surface area contributed by atoms with Crippen molar-refractivity contribution in [2.24, 2.45) is 5.92 Å². The average Bonchev–Trinajstić information content (AvgIpc) is 3.06. The summed E-state index contributed by atoms with van der Waals surface area (Å²) in [6.45, 7) is 7.49. The monoisotopic (exact) mass is 337 g/mol. The van der Waals surface area contributed by atoms with Gasteiger partial charge in [0.2, 0.25) is 11.8 Å². The number of nitrogens with one attached hydrogen (secondary N) is 1. The molecule has 0 aliphatic carbocycles. The molecule has 2 heterocycles. The molecule has 0 aromatic carbocycles. The van der Waals surface area contributed by atoms with Crippen LogP contribution in [0.15, 0.2) is 17.5 Å². The zero-order valence-electron chi connectivity index (χ0n) is 13.7. The predicted octanol–water partition coefficient (Wildman–Crippen LogP) is 1.19. The summed E-state index contributed by atoms with van der Waals surface area (Å²) in [6, 6.07) is 3.01. The summed E-state index contributed by atoms with van der Waals surface area (Å²) in [6.07, 6.45) is 0. The molecule has 7 heteroatoms. The molecular formula is C16H23N3O3S. The molecule has 126 valence electrons. The fourth-order valence-corrected chi connectivity index (χ4v) is 3.20. The molecule has 1 unspecified atom stereocenters. The molecule has 6 nitrogen and oxygen atoms in total. The molecule has 0 saturated carbocycles. The van der Waals surface area contributed by atoms with Crippen LogP contribution < -0.4 is 5.32 Å². The molecule has 1 N–H and O–H groups in total. The lowest BCUT2D eigenvalue weighted by molar-refractivity contribution is -0.140. The summed E-state index contributed by atoms with van der Waals surface area (Å²) in [4.78, 5) is 40.4. The lowest BCUT2D eigenvalue weighted by atomic mass is 10.0. The number of carbonyl (C=O) groups excluding carboxylic acids is 3. The highest BCUT2D eigenvalue weighted by Gasteiger charge is 2.31. The van der Waals surface area contributed by atoms with Gasteiger partial charge in [0.05, 0.1) is 4.88 Å². The summed E-state index contributed by atoms with van der Waals surface area (Å²) in [5, 5.41) is 4.69. The Balaban J connectivity index is 1.99. The fraction of sp³-hybridized carbons (Fsp3) is 0.562. The highest BCUT2D eigenvalue weighted by molar-refractivity contribution is 7.12. The fourth-order valence-electron chi connectivity index (χ4n) is 2.57. The number of carbonyl (C=O) groups is 3. The minimum atomic E-state index is -0.548. The Bertz CT molecular complexity index is 563. The van der Waals surface area contributed by atoms with Gasteiger partial charge in [0, 0.05) is 33.1 Å². The van der Waals surface area contributed by atoms with Gasteiger partial charge in [-0.15, -0.1) is 11.3 Å². The van der Waals surface area contributed by atoms with Gasteiger partial charge in [-0.3, -0.25) is 14.4 Å². The normalized spacial score (nSPS) is 16.3. The van der Waals surface area contributed by atoms with Crippen molar-refractivity contribution in [3.8, 4) is 0 Å². The van der Waals surface area contributed by atoms with Crippen LogP contribution in [0.3, 0.4) is 0 Å². The highest BCUT2D eigenvalue weighted by Crippen LogP contribution is 2.13. The van der Waals surface area contributed by atoms with Crippen molar-refractivity contribution in [2.75, 3.05) is 26.2 Å². The first kappa shape index (κ1) is 17.5. The molecule has 23 heavy (non-hydrogen) atoms. The number of amides is 3. The van der Waals surface area contributed by atoms with Crippen LogP contribution >= 0.6 is 11.3 Å². The van der Waals surface area contributed by atoms with Gasteiger partial charge in [-0.25, -0.2) is 0 Å².